The lowest BCUT2D eigenvalue weighted by molar-refractivity contribution is 0.582. The molecule has 1 heterocycles. The summed E-state index contributed by atoms with van der Waals surface area (Å²) in [7, 11) is -1.44. The van der Waals surface area contributed by atoms with Gasteiger partial charge in [0, 0.05) is 25.0 Å². The summed E-state index contributed by atoms with van der Waals surface area (Å²) in [4.78, 5) is 5.36. The Bertz CT molecular complexity index is 543. The SMILES string of the molecule is CCS(=O)(=O)NCCNC(=NC)NCc1sccc1C.I. The highest BCUT2D eigenvalue weighted by Crippen LogP contribution is 2.14. The van der Waals surface area contributed by atoms with Crippen LogP contribution in [0.1, 0.15) is 17.4 Å². The van der Waals surface area contributed by atoms with Crippen LogP contribution < -0.4 is 15.4 Å². The maximum absolute atomic E-state index is 11.2. The second-order valence-corrected chi connectivity index (χ2v) is 7.27. The van der Waals surface area contributed by atoms with Crippen molar-refractivity contribution in [1.82, 2.24) is 15.4 Å². The predicted octanol–water partition coefficient (Wildman–Crippen LogP) is 1.28. The molecule has 0 bridgehead atoms. The third-order valence-corrected chi connectivity index (χ3v) is 5.15. The van der Waals surface area contributed by atoms with Crippen molar-refractivity contribution < 1.29 is 8.42 Å². The van der Waals surface area contributed by atoms with Gasteiger partial charge in [0.15, 0.2) is 5.96 Å². The van der Waals surface area contributed by atoms with E-state index in [1.807, 2.05) is 0 Å². The summed E-state index contributed by atoms with van der Waals surface area (Å²) in [5.41, 5.74) is 1.26. The van der Waals surface area contributed by atoms with Crippen LogP contribution >= 0.6 is 35.3 Å². The van der Waals surface area contributed by atoms with Crippen molar-refractivity contribution in [2.24, 2.45) is 4.99 Å². The van der Waals surface area contributed by atoms with E-state index in [2.05, 4.69) is 38.7 Å². The molecule has 9 heteroatoms. The zero-order chi connectivity index (χ0) is 15.0. The number of aryl methyl sites for hydroxylation is 1. The van der Waals surface area contributed by atoms with E-state index in [-0.39, 0.29) is 29.7 Å². The molecule has 122 valence electrons. The molecule has 0 spiro atoms. The Morgan fingerprint density at radius 2 is 2.05 bits per heavy atom. The number of guanidine groups is 1. The zero-order valence-electron chi connectivity index (χ0n) is 12.5. The van der Waals surface area contributed by atoms with Crippen molar-refractivity contribution in [3.8, 4) is 0 Å². The van der Waals surface area contributed by atoms with E-state index in [4.69, 9.17) is 0 Å². The summed E-state index contributed by atoms with van der Waals surface area (Å²) in [6.07, 6.45) is 0. The van der Waals surface area contributed by atoms with Crippen LogP contribution in [0, 0.1) is 6.92 Å². The second kappa shape index (κ2) is 10.4. The zero-order valence-corrected chi connectivity index (χ0v) is 16.4. The molecule has 1 rings (SSSR count). The van der Waals surface area contributed by atoms with Crippen LogP contribution in [0.2, 0.25) is 0 Å². The first-order valence-electron chi connectivity index (χ1n) is 6.43. The Morgan fingerprint density at radius 3 is 2.57 bits per heavy atom. The minimum Gasteiger partial charge on any atom is -0.355 e. The van der Waals surface area contributed by atoms with Gasteiger partial charge in [0.2, 0.25) is 10.0 Å². The van der Waals surface area contributed by atoms with Gasteiger partial charge in [-0.05, 0) is 30.9 Å². The smallest absolute Gasteiger partial charge is 0.211 e. The summed E-state index contributed by atoms with van der Waals surface area (Å²) < 4.78 is 25.0. The van der Waals surface area contributed by atoms with E-state index in [0.29, 0.717) is 25.6 Å². The van der Waals surface area contributed by atoms with E-state index in [9.17, 15) is 8.42 Å². The first-order valence-corrected chi connectivity index (χ1v) is 8.96. The van der Waals surface area contributed by atoms with Gasteiger partial charge in [-0.15, -0.1) is 35.3 Å². The molecule has 3 N–H and O–H groups in total. The van der Waals surface area contributed by atoms with Gasteiger partial charge < -0.3 is 10.6 Å². The predicted molar refractivity (Wildman–Crippen MR) is 100 cm³/mol. The number of hydrogen-bond donors (Lipinski definition) is 3. The lowest BCUT2D eigenvalue weighted by Gasteiger charge is -2.12. The number of rotatable bonds is 7. The van der Waals surface area contributed by atoms with Crippen LogP contribution in [0.4, 0.5) is 0 Å². The highest BCUT2D eigenvalue weighted by molar-refractivity contribution is 14.0. The normalized spacial score (nSPS) is 11.9. The molecule has 21 heavy (non-hydrogen) atoms. The molecule has 0 aliphatic heterocycles. The minimum atomic E-state index is -3.13. The standard InChI is InChI=1S/C12H22N4O2S2.HI/c1-4-20(17,18)16-7-6-14-12(13-3)15-9-11-10(2)5-8-19-11;/h5,8,16H,4,6-7,9H2,1-3H3,(H2,13,14,15);1H. The Morgan fingerprint density at radius 1 is 1.33 bits per heavy atom. The van der Waals surface area contributed by atoms with E-state index in [0.717, 1.165) is 0 Å². The highest BCUT2D eigenvalue weighted by Gasteiger charge is 2.05. The van der Waals surface area contributed by atoms with E-state index >= 15 is 0 Å². The van der Waals surface area contributed by atoms with Gasteiger partial charge in [-0.25, -0.2) is 13.1 Å². The topological polar surface area (TPSA) is 82.6 Å². The first-order chi connectivity index (χ1) is 9.48. The molecule has 0 amide bonds. The molecule has 0 aromatic carbocycles. The number of hydrogen-bond acceptors (Lipinski definition) is 4. The Hall–Kier alpha value is -0.390. The average molecular weight is 446 g/mol. The van der Waals surface area contributed by atoms with E-state index < -0.39 is 10.0 Å². The minimum absolute atomic E-state index is 0. The van der Waals surface area contributed by atoms with Gasteiger partial charge in [0.1, 0.15) is 0 Å². The lowest BCUT2D eigenvalue weighted by Crippen LogP contribution is -2.41. The second-order valence-electron chi connectivity index (χ2n) is 4.18. The molecule has 0 aliphatic carbocycles. The number of thiophene rings is 1. The summed E-state index contributed by atoms with van der Waals surface area (Å²) in [5.74, 6) is 0.756. The highest BCUT2D eigenvalue weighted by atomic mass is 127. The van der Waals surface area contributed by atoms with Gasteiger partial charge in [-0.1, -0.05) is 0 Å². The van der Waals surface area contributed by atoms with Crippen molar-refractivity contribution in [2.45, 2.75) is 20.4 Å². The third-order valence-electron chi connectivity index (χ3n) is 2.73. The number of nitrogens with zero attached hydrogens (tertiary/aromatic N) is 1. The van der Waals surface area contributed by atoms with Gasteiger partial charge in [-0.2, -0.15) is 0 Å². The fraction of sp³-hybridized carbons (Fsp3) is 0.583. The van der Waals surface area contributed by atoms with Crippen LogP contribution in [-0.2, 0) is 16.6 Å². The summed E-state index contributed by atoms with van der Waals surface area (Å²) in [5, 5.41) is 8.32. The number of halogens is 1. The van der Waals surface area contributed by atoms with Crippen LogP contribution in [0.15, 0.2) is 16.4 Å². The molecule has 1 aromatic heterocycles. The van der Waals surface area contributed by atoms with E-state index in [1.165, 1.54) is 10.4 Å². The van der Waals surface area contributed by atoms with Crippen LogP contribution in [0.5, 0.6) is 0 Å². The van der Waals surface area contributed by atoms with Crippen molar-refractivity contribution in [1.29, 1.82) is 0 Å². The average Bonchev–Trinajstić information content (AvgIpc) is 2.83. The Balaban J connectivity index is 0.00000400. The molecule has 0 aliphatic rings. The molecule has 1 aromatic rings. The van der Waals surface area contributed by atoms with Crippen molar-refractivity contribution >= 4 is 51.3 Å². The van der Waals surface area contributed by atoms with Crippen molar-refractivity contribution in [2.75, 3.05) is 25.9 Å². The van der Waals surface area contributed by atoms with Crippen LogP contribution in [0.25, 0.3) is 0 Å². The summed E-state index contributed by atoms with van der Waals surface area (Å²) in [6.45, 7) is 5.23. The summed E-state index contributed by atoms with van der Waals surface area (Å²) >= 11 is 1.70. The molecular weight excluding hydrogens is 423 g/mol. The summed E-state index contributed by atoms with van der Waals surface area (Å²) in [6, 6.07) is 2.08. The molecule has 0 unspecified atom stereocenters. The quantitative estimate of drug-likeness (QED) is 0.255. The van der Waals surface area contributed by atoms with Gasteiger partial charge in [0.05, 0.1) is 12.3 Å². The molecular formula is C12H23IN4O2S2. The molecule has 0 atom stereocenters. The fourth-order valence-corrected chi connectivity index (χ4v) is 2.92. The fourth-order valence-electron chi connectivity index (χ4n) is 1.46. The van der Waals surface area contributed by atoms with Crippen LogP contribution in [0.3, 0.4) is 0 Å². The van der Waals surface area contributed by atoms with Crippen molar-refractivity contribution in [3.05, 3.63) is 21.9 Å². The first kappa shape index (κ1) is 20.6. The van der Waals surface area contributed by atoms with Gasteiger partial charge in [-0.3, -0.25) is 4.99 Å². The molecule has 0 radical (unpaired) electrons. The number of sulfonamides is 1. The van der Waals surface area contributed by atoms with Crippen molar-refractivity contribution in [3.63, 3.8) is 0 Å². The number of aliphatic imine (C=N–C) groups is 1. The van der Waals surface area contributed by atoms with Crippen LogP contribution in [-0.4, -0.2) is 40.3 Å². The maximum Gasteiger partial charge on any atom is 0.211 e. The maximum atomic E-state index is 11.2. The number of nitrogens with one attached hydrogen (secondary N) is 3. The lowest BCUT2D eigenvalue weighted by atomic mass is 10.3. The monoisotopic (exact) mass is 446 g/mol. The third kappa shape index (κ3) is 7.98. The van der Waals surface area contributed by atoms with E-state index in [1.54, 1.807) is 25.3 Å². The molecule has 0 saturated heterocycles. The Labute approximate surface area is 147 Å². The molecule has 0 fully saturated rings. The molecule has 0 saturated carbocycles. The largest absolute Gasteiger partial charge is 0.355 e. The Kier molecular flexibility index (Phi) is 10.2. The van der Waals surface area contributed by atoms with Gasteiger partial charge in [0.25, 0.3) is 0 Å². The van der Waals surface area contributed by atoms with Gasteiger partial charge >= 0.3 is 0 Å². The molecule has 6 nitrogen and oxygen atoms in total.